The van der Waals surface area contributed by atoms with E-state index in [0.717, 1.165) is 45.3 Å². The number of hydrogen-bond acceptors (Lipinski definition) is 7. The summed E-state index contributed by atoms with van der Waals surface area (Å²) in [6, 6.07) is 14.9. The smallest absolute Gasteiger partial charge is 0.257 e. The number of fused-ring (bicyclic) bond motifs is 2. The van der Waals surface area contributed by atoms with E-state index in [1.165, 1.54) is 16.5 Å². The summed E-state index contributed by atoms with van der Waals surface area (Å²) in [7, 11) is -3.54. The molecule has 0 spiro atoms. The van der Waals surface area contributed by atoms with Crippen LogP contribution in [0.1, 0.15) is 41.6 Å². The predicted molar refractivity (Wildman–Crippen MR) is 144 cm³/mol. The van der Waals surface area contributed by atoms with Crippen LogP contribution in [0.4, 0.5) is 5.00 Å². The monoisotopic (exact) mass is 525 g/mol. The summed E-state index contributed by atoms with van der Waals surface area (Å²) in [5.74, 6) is -0.480. The highest BCUT2D eigenvalue weighted by atomic mass is 32.2. The van der Waals surface area contributed by atoms with Crippen molar-refractivity contribution in [3.63, 3.8) is 0 Å². The number of nitrogens with one attached hydrogen (secondary N) is 1. The van der Waals surface area contributed by atoms with Crippen molar-refractivity contribution in [1.82, 2.24) is 9.88 Å². The Morgan fingerprint density at radius 1 is 1.11 bits per heavy atom. The van der Waals surface area contributed by atoms with Gasteiger partial charge in [-0.15, -0.1) is 22.7 Å². The fraction of sp³-hybridized carbons (Fsp3) is 0.308. The number of thiazole rings is 1. The molecule has 2 aromatic carbocycles. The Kier molecular flexibility index (Phi) is 6.52. The molecule has 1 amide bonds. The van der Waals surface area contributed by atoms with Crippen molar-refractivity contribution in [2.45, 2.75) is 44.7 Å². The van der Waals surface area contributed by atoms with Crippen molar-refractivity contribution in [3.05, 3.63) is 64.5 Å². The molecule has 0 saturated heterocycles. The van der Waals surface area contributed by atoms with Crippen LogP contribution in [0, 0.1) is 0 Å². The number of sulfone groups is 1. The zero-order valence-electron chi connectivity index (χ0n) is 19.9. The molecule has 1 aliphatic heterocycles. The van der Waals surface area contributed by atoms with Gasteiger partial charge in [0.15, 0.2) is 9.84 Å². The number of amides is 1. The first-order valence-electron chi connectivity index (χ1n) is 11.7. The van der Waals surface area contributed by atoms with Crippen LogP contribution in [-0.4, -0.2) is 42.5 Å². The number of carbonyl (C=O) groups excluding carboxylic acids is 1. The second kappa shape index (κ2) is 9.46. The zero-order chi connectivity index (χ0) is 24.7. The average molecular weight is 526 g/mol. The number of hydrogen-bond donors (Lipinski definition) is 1. The first kappa shape index (κ1) is 24.1. The number of aromatic nitrogens is 1. The van der Waals surface area contributed by atoms with E-state index in [0.29, 0.717) is 6.04 Å². The van der Waals surface area contributed by atoms with E-state index < -0.39 is 15.7 Å². The maximum absolute atomic E-state index is 13.4. The SMILES string of the molecule is CCS(=O)(=O)c1ccccc1C(=O)Nc1sc2c(c1-c1nc3ccccc3s1)CCN(C(C)C)C2. The van der Waals surface area contributed by atoms with Crippen molar-refractivity contribution in [2.24, 2.45) is 0 Å². The summed E-state index contributed by atoms with van der Waals surface area (Å²) in [6.45, 7) is 7.75. The third-order valence-corrected chi connectivity index (χ3v) is 10.4. The van der Waals surface area contributed by atoms with Crippen molar-refractivity contribution in [3.8, 4) is 10.6 Å². The minimum absolute atomic E-state index is 0.0629. The number of benzene rings is 2. The quantitative estimate of drug-likeness (QED) is 0.342. The number of para-hydroxylation sites is 1. The lowest BCUT2D eigenvalue weighted by Crippen LogP contribution is -2.35. The van der Waals surface area contributed by atoms with Crippen molar-refractivity contribution < 1.29 is 13.2 Å². The maximum atomic E-state index is 13.4. The van der Waals surface area contributed by atoms with Gasteiger partial charge in [-0.25, -0.2) is 13.4 Å². The van der Waals surface area contributed by atoms with Crippen LogP contribution in [-0.2, 0) is 22.8 Å². The fourth-order valence-electron chi connectivity index (χ4n) is 4.41. The Balaban J connectivity index is 1.60. The molecule has 0 fully saturated rings. The molecule has 0 bridgehead atoms. The van der Waals surface area contributed by atoms with Gasteiger partial charge in [-0.3, -0.25) is 9.69 Å². The standard InChI is InChI=1S/C26H27N3O3S3/c1-4-35(31,32)22-12-8-5-9-18(22)24(30)28-26-23(25-27-19-10-6-7-11-20(19)33-25)17-13-14-29(16(2)3)15-21(17)34-26/h5-12,16H,4,13-15H2,1-3H3,(H,28,30). The fourth-order valence-corrected chi connectivity index (χ4v) is 7.88. The summed E-state index contributed by atoms with van der Waals surface area (Å²) in [6.07, 6.45) is 0.881. The van der Waals surface area contributed by atoms with Crippen LogP contribution in [0.15, 0.2) is 53.4 Å². The molecular weight excluding hydrogens is 499 g/mol. The van der Waals surface area contributed by atoms with Gasteiger partial charge in [0, 0.05) is 29.6 Å². The highest BCUT2D eigenvalue weighted by molar-refractivity contribution is 7.91. The van der Waals surface area contributed by atoms with Crippen LogP contribution in [0.5, 0.6) is 0 Å². The van der Waals surface area contributed by atoms with E-state index in [1.807, 2.05) is 18.2 Å². The van der Waals surface area contributed by atoms with Crippen LogP contribution < -0.4 is 5.32 Å². The summed E-state index contributed by atoms with van der Waals surface area (Å²) < 4.78 is 26.4. The molecule has 35 heavy (non-hydrogen) atoms. The number of nitrogens with zero attached hydrogens (tertiary/aromatic N) is 2. The summed E-state index contributed by atoms with van der Waals surface area (Å²) >= 11 is 3.19. The molecule has 5 rings (SSSR count). The van der Waals surface area contributed by atoms with Crippen LogP contribution in [0.2, 0.25) is 0 Å². The topological polar surface area (TPSA) is 79.4 Å². The first-order valence-corrected chi connectivity index (χ1v) is 14.9. The van der Waals surface area contributed by atoms with Crippen molar-refractivity contribution in [2.75, 3.05) is 17.6 Å². The van der Waals surface area contributed by atoms with E-state index in [2.05, 4.69) is 30.1 Å². The third kappa shape index (κ3) is 4.53. The van der Waals surface area contributed by atoms with Gasteiger partial charge in [-0.05, 0) is 50.1 Å². The normalized spacial score (nSPS) is 14.4. The van der Waals surface area contributed by atoms with E-state index >= 15 is 0 Å². The van der Waals surface area contributed by atoms with Crippen LogP contribution >= 0.6 is 22.7 Å². The Hall–Kier alpha value is -2.59. The molecule has 0 saturated carbocycles. The highest BCUT2D eigenvalue weighted by Crippen LogP contribution is 2.46. The Morgan fingerprint density at radius 2 is 1.86 bits per heavy atom. The van der Waals surface area contributed by atoms with Crippen molar-refractivity contribution >= 4 is 53.6 Å². The molecular formula is C26H27N3O3S3. The minimum Gasteiger partial charge on any atom is -0.313 e. The van der Waals surface area contributed by atoms with Gasteiger partial charge < -0.3 is 5.32 Å². The molecule has 0 radical (unpaired) electrons. The maximum Gasteiger partial charge on any atom is 0.257 e. The second-order valence-corrected chi connectivity index (χ2v) is 13.2. The van der Waals surface area contributed by atoms with Gasteiger partial charge in [0.25, 0.3) is 5.91 Å². The molecule has 182 valence electrons. The molecule has 0 aliphatic carbocycles. The molecule has 6 nitrogen and oxygen atoms in total. The summed E-state index contributed by atoms with van der Waals surface area (Å²) in [5, 5.41) is 4.68. The van der Waals surface area contributed by atoms with Gasteiger partial charge in [-0.1, -0.05) is 31.2 Å². The molecule has 3 heterocycles. The number of rotatable bonds is 6. The van der Waals surface area contributed by atoms with Crippen LogP contribution in [0.3, 0.4) is 0 Å². The molecule has 1 N–H and O–H groups in total. The lowest BCUT2D eigenvalue weighted by atomic mass is 10.0. The summed E-state index contributed by atoms with van der Waals surface area (Å²) in [5.41, 5.74) is 3.30. The summed E-state index contributed by atoms with van der Waals surface area (Å²) in [4.78, 5) is 22.1. The number of anilines is 1. The van der Waals surface area contributed by atoms with E-state index in [9.17, 15) is 13.2 Å². The lowest BCUT2D eigenvalue weighted by Gasteiger charge is -2.30. The first-order chi connectivity index (χ1) is 16.8. The van der Waals surface area contributed by atoms with E-state index in [1.54, 1.807) is 47.8 Å². The molecule has 2 aromatic heterocycles. The molecule has 9 heteroatoms. The van der Waals surface area contributed by atoms with E-state index in [4.69, 9.17) is 4.98 Å². The van der Waals surface area contributed by atoms with Gasteiger partial charge in [0.2, 0.25) is 0 Å². The second-order valence-electron chi connectivity index (χ2n) is 8.86. The van der Waals surface area contributed by atoms with Crippen molar-refractivity contribution in [1.29, 1.82) is 0 Å². The minimum atomic E-state index is -3.54. The van der Waals surface area contributed by atoms with Gasteiger partial charge in [0.1, 0.15) is 10.0 Å². The highest BCUT2D eigenvalue weighted by Gasteiger charge is 2.29. The third-order valence-electron chi connectivity index (χ3n) is 6.40. The number of thiophene rings is 1. The zero-order valence-corrected chi connectivity index (χ0v) is 22.3. The van der Waals surface area contributed by atoms with Gasteiger partial charge in [-0.2, -0.15) is 0 Å². The molecule has 0 unspecified atom stereocenters. The lowest BCUT2D eigenvalue weighted by molar-refractivity contribution is 0.102. The Labute approximate surface area is 213 Å². The Morgan fingerprint density at radius 3 is 2.60 bits per heavy atom. The number of carbonyl (C=O) groups is 1. The van der Waals surface area contributed by atoms with Gasteiger partial charge >= 0.3 is 0 Å². The average Bonchev–Trinajstić information content (AvgIpc) is 3.43. The van der Waals surface area contributed by atoms with E-state index in [-0.39, 0.29) is 16.2 Å². The van der Waals surface area contributed by atoms with Crippen LogP contribution in [0.25, 0.3) is 20.8 Å². The molecule has 4 aromatic rings. The van der Waals surface area contributed by atoms with Gasteiger partial charge in [0.05, 0.1) is 26.4 Å². The predicted octanol–water partition coefficient (Wildman–Crippen LogP) is 5.84. The largest absolute Gasteiger partial charge is 0.313 e. The Bertz CT molecular complexity index is 1490. The molecule has 0 atom stereocenters. The molecule has 1 aliphatic rings.